The Morgan fingerprint density at radius 2 is 1.73 bits per heavy atom. The quantitative estimate of drug-likeness (QED) is 0.273. The number of hydrogen-bond donors (Lipinski definition) is 1. The van der Waals surface area contributed by atoms with Crippen LogP contribution in [0.4, 0.5) is 0 Å². The maximum absolute atomic E-state index is 12.0. The van der Waals surface area contributed by atoms with Gasteiger partial charge in [-0.2, -0.15) is 0 Å². The molecule has 0 radical (unpaired) electrons. The molecule has 3 aromatic rings. The van der Waals surface area contributed by atoms with Crippen molar-refractivity contribution in [2.45, 2.75) is 26.9 Å². The Kier molecular flexibility index (Phi) is 10.4. The summed E-state index contributed by atoms with van der Waals surface area (Å²) in [5, 5.41) is 0. The fourth-order valence-corrected chi connectivity index (χ4v) is 5.17. The molecule has 0 bridgehead atoms. The van der Waals surface area contributed by atoms with E-state index in [1.807, 2.05) is 60.5 Å². The van der Waals surface area contributed by atoms with Gasteiger partial charge in [-0.3, -0.25) is 9.69 Å². The molecule has 0 saturated carbocycles. The predicted octanol–water partition coefficient (Wildman–Crippen LogP) is 3.07. The van der Waals surface area contributed by atoms with Gasteiger partial charge in [0.1, 0.15) is 18.1 Å². The van der Waals surface area contributed by atoms with Crippen LogP contribution in [-0.4, -0.2) is 72.6 Å². The van der Waals surface area contributed by atoms with Gasteiger partial charge in [0.15, 0.2) is 0 Å². The fourth-order valence-electron chi connectivity index (χ4n) is 4.66. The Balaban J connectivity index is 1.35. The molecule has 1 aliphatic heterocycles. The van der Waals surface area contributed by atoms with Gasteiger partial charge in [0, 0.05) is 19.7 Å². The number of benzene rings is 3. The summed E-state index contributed by atoms with van der Waals surface area (Å²) in [4.78, 5) is 13.9. The van der Waals surface area contributed by atoms with Crippen molar-refractivity contribution < 1.29 is 32.0 Å². The number of ether oxygens (including phenoxy) is 2. The van der Waals surface area contributed by atoms with Gasteiger partial charge in [-0.05, 0) is 90.9 Å². The van der Waals surface area contributed by atoms with Crippen LogP contribution in [0.3, 0.4) is 0 Å². The zero-order chi connectivity index (χ0) is 29.4. The van der Waals surface area contributed by atoms with Gasteiger partial charge in [-0.1, -0.05) is 30.3 Å². The van der Waals surface area contributed by atoms with Crippen LogP contribution in [0.15, 0.2) is 60.7 Å². The lowest BCUT2D eigenvalue weighted by Crippen LogP contribution is -2.45. The van der Waals surface area contributed by atoms with Crippen molar-refractivity contribution in [2.24, 2.45) is 0 Å². The van der Waals surface area contributed by atoms with E-state index < -0.39 is 17.1 Å². The van der Waals surface area contributed by atoms with E-state index in [4.69, 9.17) is 18.8 Å². The Morgan fingerprint density at radius 1 is 1.00 bits per heavy atom. The molecule has 11 heteroatoms. The minimum atomic E-state index is -3.19. The molecule has 3 aromatic carbocycles. The first-order valence-electron chi connectivity index (χ1n) is 13.6. The minimum Gasteiger partial charge on any atom is -0.505 e. The molecule has 41 heavy (non-hydrogen) atoms. The number of likely N-dealkylation sites (N-methyl/N-ethyl adjacent to an activating group) is 1. The zero-order valence-corrected chi connectivity index (χ0v) is 24.8. The maximum Gasteiger partial charge on any atom is 0.564 e. The van der Waals surface area contributed by atoms with Crippen molar-refractivity contribution >= 4 is 28.6 Å². The largest absolute Gasteiger partial charge is 0.564 e. The number of nitrogens with zero attached hydrogens (tertiary/aromatic N) is 1. The number of hydrogen-bond acceptors (Lipinski definition) is 8. The molecule has 0 spiro atoms. The van der Waals surface area contributed by atoms with Crippen molar-refractivity contribution in [1.82, 2.24) is 9.62 Å². The lowest BCUT2D eigenvalue weighted by molar-refractivity contribution is -0.137. The van der Waals surface area contributed by atoms with Crippen molar-refractivity contribution in [2.75, 3.05) is 46.2 Å². The summed E-state index contributed by atoms with van der Waals surface area (Å²) in [6.07, 6.45) is 1.73. The first kappa shape index (κ1) is 30.6. The van der Waals surface area contributed by atoms with Gasteiger partial charge in [0.2, 0.25) is 10.0 Å². The normalized spacial score (nSPS) is 14.7. The van der Waals surface area contributed by atoms with E-state index in [1.54, 1.807) is 0 Å². The van der Waals surface area contributed by atoms with Crippen LogP contribution in [0.5, 0.6) is 11.5 Å². The van der Waals surface area contributed by atoms with E-state index >= 15 is 0 Å². The third kappa shape index (κ3) is 9.32. The maximum atomic E-state index is 12.0. The second kappa shape index (κ2) is 14.0. The van der Waals surface area contributed by atoms with Crippen LogP contribution in [0.25, 0.3) is 11.1 Å². The number of aryl methyl sites for hydroxylation is 2. The number of carbonyl (C=O) groups excluding carboxylic acids is 1. The van der Waals surface area contributed by atoms with Crippen molar-refractivity contribution in [3.63, 3.8) is 0 Å². The van der Waals surface area contributed by atoms with Crippen molar-refractivity contribution in [3.05, 3.63) is 77.4 Å². The van der Waals surface area contributed by atoms with Gasteiger partial charge in [-0.25, -0.2) is 13.1 Å². The second-order valence-corrected chi connectivity index (χ2v) is 12.1. The molecule has 0 aromatic heterocycles. The second-order valence-electron chi connectivity index (χ2n) is 10.3. The summed E-state index contributed by atoms with van der Waals surface area (Å²) in [7, 11) is -2.05. The van der Waals surface area contributed by atoms with Crippen LogP contribution in [-0.2, 0) is 30.7 Å². The van der Waals surface area contributed by atoms with Crippen molar-refractivity contribution in [3.8, 4) is 22.6 Å². The first-order chi connectivity index (χ1) is 19.6. The van der Waals surface area contributed by atoms with E-state index in [0.29, 0.717) is 45.1 Å². The highest BCUT2D eigenvalue weighted by Crippen LogP contribution is 2.32. The number of rotatable bonds is 11. The minimum absolute atomic E-state index is 0.240. The monoisotopic (exact) mass is 580 g/mol. The number of nitrogens with one attached hydrogen (secondary N) is 1. The van der Waals surface area contributed by atoms with Gasteiger partial charge in [0.25, 0.3) is 0 Å². The summed E-state index contributed by atoms with van der Waals surface area (Å²) in [5.41, 5.74) is 6.21. The van der Waals surface area contributed by atoms with Crippen LogP contribution in [0, 0.1) is 13.8 Å². The summed E-state index contributed by atoms with van der Waals surface area (Å²) >= 11 is 0. The molecule has 1 aliphatic rings. The average Bonchev–Trinajstić information content (AvgIpc) is 2.90. The van der Waals surface area contributed by atoms with Crippen LogP contribution < -0.4 is 19.7 Å². The average molecular weight is 581 g/mol. The Labute approximate surface area is 242 Å². The van der Waals surface area contributed by atoms with Crippen LogP contribution >= 0.6 is 0 Å². The summed E-state index contributed by atoms with van der Waals surface area (Å²) in [6, 6.07) is 19.7. The summed E-state index contributed by atoms with van der Waals surface area (Å²) < 4.78 is 48.0. The van der Waals surface area contributed by atoms with E-state index in [0.717, 1.165) is 45.3 Å². The standard InChI is InChI=1S/C30H37BN2O7S/c1-22-17-28(37-15-6-13-32-41(4,35)36)18-23(2)30(22)25-8-5-7-24(19-25)21-38-27-11-9-26(10-12-27)31-39-16-14-33(3)20-29(34)40-31/h5,7-12,17-19,32H,6,13-16,20-21H2,1-4H3. The highest BCUT2D eigenvalue weighted by atomic mass is 32.2. The molecular formula is C30H37BN2O7S. The molecule has 1 heterocycles. The molecule has 1 N–H and O–H groups in total. The van der Waals surface area contributed by atoms with Crippen LogP contribution in [0.2, 0.25) is 0 Å². The molecule has 1 saturated heterocycles. The SMILES string of the molecule is Cc1cc(OCCCNS(C)(=O)=O)cc(C)c1-c1cccc(COc2ccc(B3OCCN(C)CC(=O)O3)cc2)c1. The fraction of sp³-hybridized carbons (Fsp3) is 0.367. The molecule has 0 amide bonds. The molecule has 4 rings (SSSR count). The van der Waals surface area contributed by atoms with E-state index in [-0.39, 0.29) is 12.5 Å². The summed E-state index contributed by atoms with van der Waals surface area (Å²) in [5.74, 6) is 1.15. The predicted molar refractivity (Wildman–Crippen MR) is 160 cm³/mol. The smallest absolute Gasteiger partial charge is 0.505 e. The Hall–Kier alpha value is -3.38. The van der Waals surface area contributed by atoms with Gasteiger partial charge < -0.3 is 18.8 Å². The van der Waals surface area contributed by atoms with E-state index in [1.165, 1.54) is 0 Å². The molecule has 0 atom stereocenters. The van der Waals surface area contributed by atoms with Gasteiger partial charge >= 0.3 is 13.1 Å². The number of carbonyl (C=O) groups is 1. The molecule has 1 fully saturated rings. The van der Waals surface area contributed by atoms with Crippen molar-refractivity contribution in [1.29, 1.82) is 0 Å². The molecule has 218 valence electrons. The third-order valence-electron chi connectivity index (χ3n) is 6.61. The third-order valence-corrected chi connectivity index (χ3v) is 7.34. The Morgan fingerprint density at radius 3 is 2.44 bits per heavy atom. The molecular weight excluding hydrogens is 543 g/mol. The van der Waals surface area contributed by atoms with Crippen LogP contribution in [0.1, 0.15) is 23.1 Å². The highest BCUT2D eigenvalue weighted by molar-refractivity contribution is 7.88. The molecule has 0 aliphatic carbocycles. The molecule has 9 nitrogen and oxygen atoms in total. The topological polar surface area (TPSA) is 103 Å². The van der Waals surface area contributed by atoms with E-state index in [2.05, 4.69) is 30.7 Å². The lowest BCUT2D eigenvalue weighted by Gasteiger charge is -2.23. The summed E-state index contributed by atoms with van der Waals surface area (Å²) in [6.45, 7) is 6.65. The zero-order valence-electron chi connectivity index (χ0n) is 24.0. The first-order valence-corrected chi connectivity index (χ1v) is 15.5. The van der Waals surface area contributed by atoms with Gasteiger partial charge in [-0.15, -0.1) is 0 Å². The molecule has 0 unspecified atom stereocenters. The van der Waals surface area contributed by atoms with E-state index in [9.17, 15) is 13.2 Å². The Bertz CT molecular complexity index is 1420. The highest BCUT2D eigenvalue weighted by Gasteiger charge is 2.28. The number of sulfonamides is 1. The lowest BCUT2D eigenvalue weighted by atomic mass is 9.78. The van der Waals surface area contributed by atoms with Gasteiger partial charge in [0.05, 0.1) is 19.4 Å².